The molecule has 118 valence electrons. The van der Waals surface area contributed by atoms with E-state index < -0.39 is 0 Å². The summed E-state index contributed by atoms with van der Waals surface area (Å²) >= 11 is 13.2. The van der Waals surface area contributed by atoms with Gasteiger partial charge in [0.15, 0.2) is 5.16 Å². The highest BCUT2D eigenvalue weighted by Crippen LogP contribution is 2.23. The number of hydrogen-bond acceptors (Lipinski definition) is 4. The molecule has 0 bridgehead atoms. The van der Waals surface area contributed by atoms with Gasteiger partial charge in [0.25, 0.3) is 5.56 Å². The molecule has 0 radical (unpaired) electrons. The van der Waals surface area contributed by atoms with Crippen LogP contribution in [0.5, 0.6) is 0 Å². The Bertz CT molecular complexity index is 910. The van der Waals surface area contributed by atoms with E-state index in [2.05, 4.69) is 4.98 Å². The molecular formula is C16H12Cl2N2O2S. The van der Waals surface area contributed by atoms with Crippen molar-refractivity contribution in [2.45, 2.75) is 5.16 Å². The molecule has 1 N–H and O–H groups in total. The average molecular weight is 367 g/mol. The fraction of sp³-hybridized carbons (Fsp3) is 0.125. The Labute approximate surface area is 146 Å². The van der Waals surface area contributed by atoms with E-state index >= 15 is 0 Å². The van der Waals surface area contributed by atoms with Crippen LogP contribution in [0.1, 0.15) is 0 Å². The third kappa shape index (κ3) is 3.38. The number of rotatable bonds is 4. The summed E-state index contributed by atoms with van der Waals surface area (Å²) in [5, 5.41) is 11.2. The number of benzene rings is 2. The number of nitrogens with zero attached hydrogens (tertiary/aromatic N) is 2. The molecule has 0 spiro atoms. The van der Waals surface area contributed by atoms with Crippen LogP contribution >= 0.6 is 35.0 Å². The number of aliphatic hydroxyl groups is 1. The molecule has 0 saturated carbocycles. The maximum absolute atomic E-state index is 12.9. The standard InChI is InChI=1S/C16H12Cl2N2O2S/c17-10-1-4-12(5-2-10)20-15(22)13-6-3-11(18)9-14(13)19-16(20)23-8-7-21/h1-6,9,21H,7-8H2. The third-order valence-corrected chi connectivity index (χ3v) is 4.61. The van der Waals surface area contributed by atoms with E-state index in [1.54, 1.807) is 42.5 Å². The van der Waals surface area contributed by atoms with Crippen molar-refractivity contribution in [3.8, 4) is 5.69 Å². The van der Waals surface area contributed by atoms with Crippen LogP contribution in [0.25, 0.3) is 16.6 Å². The minimum Gasteiger partial charge on any atom is -0.396 e. The van der Waals surface area contributed by atoms with E-state index in [9.17, 15) is 4.79 Å². The number of fused-ring (bicyclic) bond motifs is 1. The zero-order valence-electron chi connectivity index (χ0n) is 11.9. The van der Waals surface area contributed by atoms with Crippen molar-refractivity contribution in [2.24, 2.45) is 0 Å². The average Bonchev–Trinajstić information content (AvgIpc) is 2.54. The fourth-order valence-corrected chi connectivity index (χ4v) is 3.24. The molecule has 0 aliphatic rings. The van der Waals surface area contributed by atoms with Gasteiger partial charge in [0, 0.05) is 15.8 Å². The van der Waals surface area contributed by atoms with Gasteiger partial charge in [-0.05, 0) is 42.5 Å². The first kappa shape index (κ1) is 16.3. The van der Waals surface area contributed by atoms with Gasteiger partial charge in [0.2, 0.25) is 0 Å². The summed E-state index contributed by atoms with van der Waals surface area (Å²) in [6.45, 7) is -0.00522. The Hall–Kier alpha value is -1.53. The van der Waals surface area contributed by atoms with Crippen LogP contribution < -0.4 is 5.56 Å². The van der Waals surface area contributed by atoms with Crippen LogP contribution in [0.2, 0.25) is 10.0 Å². The normalized spacial score (nSPS) is 11.1. The Morgan fingerprint density at radius 1 is 1.09 bits per heavy atom. The molecule has 1 heterocycles. The van der Waals surface area contributed by atoms with E-state index in [0.717, 1.165) is 0 Å². The molecular weight excluding hydrogens is 355 g/mol. The first-order valence-corrected chi connectivity index (χ1v) is 8.56. The smallest absolute Gasteiger partial charge is 0.266 e. The van der Waals surface area contributed by atoms with E-state index in [1.807, 2.05) is 0 Å². The van der Waals surface area contributed by atoms with Gasteiger partial charge in [-0.1, -0.05) is 35.0 Å². The summed E-state index contributed by atoms with van der Waals surface area (Å²) in [6.07, 6.45) is 0. The van der Waals surface area contributed by atoms with Gasteiger partial charge in [-0.3, -0.25) is 9.36 Å². The fourth-order valence-electron chi connectivity index (χ4n) is 2.19. The van der Waals surface area contributed by atoms with E-state index in [0.29, 0.717) is 37.5 Å². The Balaban J connectivity index is 2.28. The lowest BCUT2D eigenvalue weighted by molar-refractivity contribution is 0.322. The van der Waals surface area contributed by atoms with Gasteiger partial charge in [0.05, 0.1) is 23.2 Å². The number of thioether (sulfide) groups is 1. The monoisotopic (exact) mass is 366 g/mol. The minimum absolute atomic E-state index is 0.00522. The van der Waals surface area contributed by atoms with Crippen molar-refractivity contribution in [2.75, 3.05) is 12.4 Å². The van der Waals surface area contributed by atoms with Gasteiger partial charge < -0.3 is 5.11 Å². The van der Waals surface area contributed by atoms with Crippen molar-refractivity contribution >= 4 is 45.9 Å². The zero-order valence-corrected chi connectivity index (χ0v) is 14.2. The zero-order chi connectivity index (χ0) is 16.4. The van der Waals surface area contributed by atoms with Crippen molar-refractivity contribution in [1.29, 1.82) is 0 Å². The lowest BCUT2D eigenvalue weighted by Gasteiger charge is -2.13. The molecule has 1 aromatic heterocycles. The van der Waals surface area contributed by atoms with E-state index in [4.69, 9.17) is 28.3 Å². The maximum Gasteiger partial charge on any atom is 0.266 e. The molecule has 0 fully saturated rings. The predicted octanol–water partition coefficient (Wildman–Crippen LogP) is 3.78. The van der Waals surface area contributed by atoms with Crippen molar-refractivity contribution in [1.82, 2.24) is 9.55 Å². The van der Waals surface area contributed by atoms with Crippen LogP contribution in [-0.4, -0.2) is 27.0 Å². The number of halogens is 2. The highest BCUT2D eigenvalue weighted by molar-refractivity contribution is 7.99. The van der Waals surface area contributed by atoms with Crippen molar-refractivity contribution < 1.29 is 5.11 Å². The second-order valence-corrected chi connectivity index (χ2v) is 6.68. The Morgan fingerprint density at radius 2 is 1.78 bits per heavy atom. The molecule has 2 aromatic carbocycles. The summed E-state index contributed by atoms with van der Waals surface area (Å²) in [5.41, 5.74) is 1.02. The molecule has 0 aliphatic heterocycles. The first-order chi connectivity index (χ1) is 11.1. The maximum atomic E-state index is 12.9. The number of hydrogen-bond donors (Lipinski definition) is 1. The molecule has 0 aliphatic carbocycles. The molecule has 23 heavy (non-hydrogen) atoms. The molecule has 4 nitrogen and oxygen atoms in total. The van der Waals surface area contributed by atoms with E-state index in [1.165, 1.54) is 16.3 Å². The second kappa shape index (κ2) is 6.93. The topological polar surface area (TPSA) is 55.1 Å². The summed E-state index contributed by atoms with van der Waals surface area (Å²) in [6, 6.07) is 11.9. The van der Waals surface area contributed by atoms with Gasteiger partial charge in [-0.25, -0.2) is 4.98 Å². The molecule has 0 unspecified atom stereocenters. The van der Waals surface area contributed by atoms with Crippen LogP contribution in [0.3, 0.4) is 0 Å². The Morgan fingerprint density at radius 3 is 2.48 bits per heavy atom. The lowest BCUT2D eigenvalue weighted by atomic mass is 10.2. The van der Waals surface area contributed by atoms with Crippen LogP contribution in [0.15, 0.2) is 52.4 Å². The quantitative estimate of drug-likeness (QED) is 0.563. The molecule has 0 atom stereocenters. The minimum atomic E-state index is -0.186. The summed E-state index contributed by atoms with van der Waals surface area (Å²) < 4.78 is 1.52. The molecule has 3 aromatic rings. The third-order valence-electron chi connectivity index (χ3n) is 3.21. The number of aliphatic hydroxyl groups excluding tert-OH is 1. The second-order valence-electron chi connectivity index (χ2n) is 4.74. The van der Waals surface area contributed by atoms with Gasteiger partial charge in [-0.2, -0.15) is 0 Å². The molecule has 7 heteroatoms. The van der Waals surface area contributed by atoms with Gasteiger partial charge >= 0.3 is 0 Å². The van der Waals surface area contributed by atoms with Crippen LogP contribution in [0, 0.1) is 0 Å². The lowest BCUT2D eigenvalue weighted by Crippen LogP contribution is -2.22. The molecule has 0 saturated heterocycles. The summed E-state index contributed by atoms with van der Waals surface area (Å²) in [5.74, 6) is 0.437. The first-order valence-electron chi connectivity index (χ1n) is 6.82. The molecule has 3 rings (SSSR count). The molecule has 0 amide bonds. The van der Waals surface area contributed by atoms with Crippen molar-refractivity contribution in [3.63, 3.8) is 0 Å². The van der Waals surface area contributed by atoms with Crippen molar-refractivity contribution in [3.05, 3.63) is 62.9 Å². The highest BCUT2D eigenvalue weighted by atomic mass is 35.5. The highest BCUT2D eigenvalue weighted by Gasteiger charge is 2.13. The van der Waals surface area contributed by atoms with Crippen LogP contribution in [0.4, 0.5) is 0 Å². The summed E-state index contributed by atoms with van der Waals surface area (Å²) in [7, 11) is 0. The van der Waals surface area contributed by atoms with Gasteiger partial charge in [0.1, 0.15) is 0 Å². The van der Waals surface area contributed by atoms with Crippen LogP contribution in [-0.2, 0) is 0 Å². The van der Waals surface area contributed by atoms with E-state index in [-0.39, 0.29) is 12.2 Å². The number of aromatic nitrogens is 2. The predicted molar refractivity (Wildman–Crippen MR) is 95.2 cm³/mol. The SMILES string of the molecule is O=c1c2ccc(Cl)cc2nc(SCCO)n1-c1ccc(Cl)cc1. The largest absolute Gasteiger partial charge is 0.396 e. The summed E-state index contributed by atoms with van der Waals surface area (Å²) in [4.78, 5) is 17.4. The Kier molecular flexibility index (Phi) is 4.92. The van der Waals surface area contributed by atoms with Gasteiger partial charge in [-0.15, -0.1) is 0 Å².